The van der Waals surface area contributed by atoms with Crippen LogP contribution < -0.4 is 0 Å². The Morgan fingerprint density at radius 3 is 2.25 bits per heavy atom. The van der Waals surface area contributed by atoms with E-state index in [0.717, 1.165) is 13.2 Å². The van der Waals surface area contributed by atoms with E-state index >= 15 is 0 Å². The summed E-state index contributed by atoms with van der Waals surface area (Å²) in [7, 11) is 1.69. The van der Waals surface area contributed by atoms with Crippen molar-refractivity contribution in [1.29, 1.82) is 0 Å². The second-order valence-electron chi connectivity index (χ2n) is 1.75. The van der Waals surface area contributed by atoms with E-state index in [4.69, 9.17) is 7.81 Å². The van der Waals surface area contributed by atoms with E-state index in [2.05, 4.69) is 9.88 Å². The van der Waals surface area contributed by atoms with E-state index in [0.29, 0.717) is 0 Å². The van der Waals surface area contributed by atoms with Gasteiger partial charge in [0, 0.05) is 0 Å². The van der Waals surface area contributed by atoms with Crippen LogP contribution in [0.25, 0.3) is 0 Å². The fourth-order valence-corrected chi connectivity index (χ4v) is 1.73. The molecule has 0 heterocycles. The van der Waals surface area contributed by atoms with Gasteiger partial charge in [-0.25, -0.2) is 0 Å². The van der Waals surface area contributed by atoms with Crippen LogP contribution in [0.3, 0.4) is 0 Å². The van der Waals surface area contributed by atoms with Crippen LogP contribution in [0.15, 0.2) is 0 Å². The van der Waals surface area contributed by atoms with E-state index in [1.165, 1.54) is 0 Å². The summed E-state index contributed by atoms with van der Waals surface area (Å²) >= 11 is -1.24. The molecule has 0 spiro atoms. The van der Waals surface area contributed by atoms with Gasteiger partial charge in [-0.15, -0.1) is 0 Å². The van der Waals surface area contributed by atoms with Crippen molar-refractivity contribution in [3.05, 3.63) is 0 Å². The predicted molar refractivity (Wildman–Crippen MR) is 35.3 cm³/mol. The quantitative estimate of drug-likeness (QED) is 0.521. The fraction of sp³-hybridized carbons (Fsp3) is 1.00. The van der Waals surface area contributed by atoms with Crippen molar-refractivity contribution >= 4 is 20.2 Å². The van der Waals surface area contributed by atoms with Gasteiger partial charge in [-0.05, 0) is 0 Å². The molecule has 1 radical (unpaired) electrons. The molecule has 0 unspecified atom stereocenters. The van der Waals surface area contributed by atoms with Gasteiger partial charge in [-0.3, -0.25) is 0 Å². The van der Waals surface area contributed by atoms with Gasteiger partial charge in [0.25, 0.3) is 0 Å². The number of methoxy groups -OCH3 is 1. The first-order valence-electron chi connectivity index (χ1n) is 2.69. The molecule has 0 aliphatic carbocycles. The van der Waals surface area contributed by atoms with E-state index in [1.807, 2.05) is 0 Å². The van der Waals surface area contributed by atoms with Crippen molar-refractivity contribution in [2.75, 3.05) is 20.3 Å². The Balaban J connectivity index is 2.72. The van der Waals surface area contributed by atoms with E-state index in [9.17, 15) is 0 Å². The number of hydrogen-bond acceptors (Lipinski definition) is 2. The summed E-state index contributed by atoms with van der Waals surface area (Å²) < 4.78 is 10.2. The molecule has 3 heteroatoms. The Labute approximate surface area is 58.5 Å². The second-order valence-corrected chi connectivity index (χ2v) is 7.76. The Bertz CT molecular complexity index is 47.7. The van der Waals surface area contributed by atoms with Gasteiger partial charge in [0.05, 0.1) is 0 Å². The molecule has 0 aliphatic rings. The zero-order chi connectivity index (χ0) is 6.41. The molecule has 0 rings (SSSR count). The van der Waals surface area contributed by atoms with Gasteiger partial charge in [0.15, 0.2) is 0 Å². The molecular weight excluding hydrogens is 211 g/mol. The summed E-state index contributed by atoms with van der Waals surface area (Å²) in [6, 6.07) is 0. The van der Waals surface area contributed by atoms with Crippen LogP contribution in [0, 0.1) is 0 Å². The molecule has 0 aliphatic heterocycles. The Morgan fingerprint density at radius 2 is 1.88 bits per heavy atom. The third-order valence-electron chi connectivity index (χ3n) is 0.678. The summed E-state index contributed by atoms with van der Waals surface area (Å²) in [5.41, 5.74) is 0. The van der Waals surface area contributed by atoms with Crippen molar-refractivity contribution in [3.63, 3.8) is 0 Å². The zero-order valence-electron chi connectivity index (χ0n) is 5.73. The average Bonchev–Trinajstić information content (AvgIpc) is 1.66. The molecule has 0 amide bonds. The van der Waals surface area contributed by atoms with Crippen molar-refractivity contribution in [2.24, 2.45) is 0 Å². The van der Waals surface area contributed by atoms with Crippen LogP contribution in [-0.2, 0) is 7.81 Å². The molecule has 0 aromatic rings. The molecule has 0 saturated carbocycles. The third-order valence-corrected chi connectivity index (χ3v) is 2.91. The maximum atomic E-state index is 5.35. The van der Waals surface area contributed by atoms with Crippen molar-refractivity contribution in [2.45, 2.75) is 9.88 Å². The summed E-state index contributed by atoms with van der Waals surface area (Å²) in [4.78, 5) is 4.41. The van der Waals surface area contributed by atoms with Gasteiger partial charge in [-0.1, -0.05) is 0 Å². The van der Waals surface area contributed by atoms with Gasteiger partial charge in [0.1, 0.15) is 0 Å². The Hall–Kier alpha value is 0.719. The average molecular weight is 224 g/mol. The topological polar surface area (TPSA) is 18.5 Å². The molecule has 0 aromatic heterocycles. The van der Waals surface area contributed by atoms with E-state index in [-0.39, 0.29) is 0 Å². The summed E-state index contributed by atoms with van der Waals surface area (Å²) in [6.07, 6.45) is 0. The van der Waals surface area contributed by atoms with Crippen LogP contribution in [-0.4, -0.2) is 40.5 Å². The molecule has 0 aromatic carbocycles. The molecule has 0 bridgehead atoms. The van der Waals surface area contributed by atoms with Crippen LogP contribution in [0.2, 0.25) is 9.88 Å². The van der Waals surface area contributed by atoms with Crippen LogP contribution in [0.5, 0.6) is 0 Å². The molecule has 0 saturated heterocycles. The third kappa shape index (κ3) is 6.72. The van der Waals surface area contributed by atoms with Crippen molar-refractivity contribution in [1.82, 2.24) is 0 Å². The van der Waals surface area contributed by atoms with Crippen LogP contribution in [0.1, 0.15) is 0 Å². The fourth-order valence-electron chi connectivity index (χ4n) is 0.329. The molecule has 8 heavy (non-hydrogen) atoms. The van der Waals surface area contributed by atoms with E-state index < -0.39 is 20.2 Å². The van der Waals surface area contributed by atoms with Crippen LogP contribution >= 0.6 is 0 Å². The zero-order valence-corrected chi connectivity index (χ0v) is 8.58. The first-order valence-corrected chi connectivity index (χ1v) is 9.56. The first kappa shape index (κ1) is 8.72. The molecule has 2 nitrogen and oxygen atoms in total. The SMILES string of the molecule is COCC[O][Sn]([CH3])[CH3]. The first-order chi connectivity index (χ1) is 3.77. The Morgan fingerprint density at radius 1 is 1.25 bits per heavy atom. The van der Waals surface area contributed by atoms with Gasteiger partial charge < -0.3 is 0 Å². The monoisotopic (exact) mass is 225 g/mol. The predicted octanol–water partition coefficient (Wildman–Crippen LogP) is 0.901. The molecule has 0 atom stereocenters. The van der Waals surface area contributed by atoms with Crippen LogP contribution in [0.4, 0.5) is 0 Å². The van der Waals surface area contributed by atoms with Gasteiger partial charge in [0.2, 0.25) is 0 Å². The molecule has 0 N–H and O–H groups in total. The summed E-state index contributed by atoms with van der Waals surface area (Å²) in [5.74, 6) is 0. The van der Waals surface area contributed by atoms with E-state index in [1.54, 1.807) is 7.11 Å². The minimum absolute atomic E-state index is 0.742. The normalized spacial score (nSPS) is 10.5. The summed E-state index contributed by atoms with van der Waals surface area (Å²) in [5, 5.41) is 0. The standard InChI is InChI=1S/C3H7O2.2CH3.Sn/c1-5-3-2-4;;;/h2-3H2,1H3;2*1H3;/q-1;;;+1. The van der Waals surface area contributed by atoms with Crippen molar-refractivity contribution < 1.29 is 7.81 Å². The van der Waals surface area contributed by atoms with Gasteiger partial charge >= 0.3 is 58.2 Å². The maximum absolute atomic E-state index is 5.35. The molecule has 49 valence electrons. The van der Waals surface area contributed by atoms with Gasteiger partial charge in [-0.2, -0.15) is 0 Å². The number of hydrogen-bond donors (Lipinski definition) is 0. The van der Waals surface area contributed by atoms with Crippen molar-refractivity contribution in [3.8, 4) is 0 Å². The molecule has 0 fully saturated rings. The number of rotatable bonds is 4. The summed E-state index contributed by atoms with van der Waals surface area (Å²) in [6.45, 7) is 1.53. The Kier molecular flexibility index (Phi) is 6.37. The number of ether oxygens (including phenoxy) is 1. The second kappa shape index (κ2) is 5.85. The molecular formula is C5H13O2Sn. The minimum atomic E-state index is -1.24.